The molecule has 0 aromatic carbocycles. The summed E-state index contributed by atoms with van der Waals surface area (Å²) in [5.74, 6) is 0. The Labute approximate surface area is 143 Å². The summed E-state index contributed by atoms with van der Waals surface area (Å²) in [6, 6.07) is 1.01. The van der Waals surface area contributed by atoms with E-state index in [1.54, 1.807) is 0 Å². The van der Waals surface area contributed by atoms with Gasteiger partial charge in [0.1, 0.15) is 0 Å². The zero-order valence-corrected chi connectivity index (χ0v) is 17.3. The second-order valence-electron chi connectivity index (χ2n) is 6.53. The van der Waals surface area contributed by atoms with Crippen molar-refractivity contribution in [3.63, 3.8) is 0 Å². The van der Waals surface area contributed by atoms with Gasteiger partial charge in [-0.1, -0.05) is 0 Å². The van der Waals surface area contributed by atoms with Crippen LogP contribution in [-0.2, 0) is 10.9 Å². The molecule has 0 radical (unpaired) electrons. The molecule has 2 aliphatic carbocycles. The first kappa shape index (κ1) is 17.2. The van der Waals surface area contributed by atoms with Crippen molar-refractivity contribution in [3.8, 4) is 0 Å². The van der Waals surface area contributed by atoms with Crippen molar-refractivity contribution in [3.05, 3.63) is 0 Å². The fourth-order valence-electron chi connectivity index (χ4n) is 3.70. The van der Waals surface area contributed by atoms with Crippen molar-refractivity contribution in [2.75, 3.05) is 4.55 Å². The Morgan fingerprint density at radius 3 is 2.45 bits per heavy atom. The molecule has 3 atom stereocenters. The third kappa shape index (κ3) is 4.05. The van der Waals surface area contributed by atoms with Gasteiger partial charge in [-0.2, -0.15) is 0 Å². The Morgan fingerprint density at radius 2 is 1.73 bits per heavy atom. The third-order valence-electron chi connectivity index (χ3n) is 4.95. The van der Waals surface area contributed by atoms with E-state index in [0.29, 0.717) is 16.6 Å². The van der Waals surface area contributed by atoms with Crippen LogP contribution in [0.2, 0.25) is 0 Å². The Hall–Kier alpha value is 0.330. The molecule has 1 unspecified atom stereocenters. The molecule has 3 aliphatic rings. The number of rotatable bonds is 2. The molecule has 128 valence electrons. The van der Waals surface area contributed by atoms with Crippen molar-refractivity contribution in [1.29, 1.82) is 0 Å². The molecule has 2 saturated carbocycles. The number of nitrogens with one attached hydrogen (secondary N) is 1. The number of alkyl halides is 2. The van der Waals surface area contributed by atoms with Crippen LogP contribution in [0, 0.1) is 0 Å². The van der Waals surface area contributed by atoms with Gasteiger partial charge in [0.25, 0.3) is 0 Å². The van der Waals surface area contributed by atoms with Gasteiger partial charge in [0.15, 0.2) is 0 Å². The predicted octanol–water partition coefficient (Wildman–Crippen LogP) is 4.57. The Morgan fingerprint density at radius 1 is 1.05 bits per heavy atom. The molecule has 5 nitrogen and oxygen atoms in total. The van der Waals surface area contributed by atoms with E-state index in [2.05, 4.69) is 10.3 Å². The molecule has 22 heavy (non-hydrogen) atoms. The molecule has 2 fully saturated rings. The van der Waals surface area contributed by atoms with Gasteiger partial charge in [0.2, 0.25) is 0 Å². The van der Waals surface area contributed by atoms with Gasteiger partial charge in [-0.25, -0.2) is 0 Å². The maximum atomic E-state index is 13.1. The number of ether oxygens (including phenoxy) is 1. The fraction of sp³-hybridized carbons (Fsp3) is 0.933. The number of hydrogen-bond acceptors (Lipinski definition) is 5. The number of fused-ring (bicyclic) bond motifs is 1. The normalized spacial score (nSPS) is 40.1. The summed E-state index contributed by atoms with van der Waals surface area (Å²) in [4.78, 5) is 4.47. The van der Waals surface area contributed by atoms with Crippen LogP contribution in [-0.4, -0.2) is 26.6 Å². The van der Waals surface area contributed by atoms with Gasteiger partial charge < -0.3 is 0 Å². The van der Waals surface area contributed by atoms with Crippen LogP contribution in [0.3, 0.4) is 0 Å². The number of aliphatic imine (C=N–C) groups is 1. The van der Waals surface area contributed by atoms with Crippen molar-refractivity contribution >= 4 is 37.7 Å². The van der Waals surface area contributed by atoms with Crippen molar-refractivity contribution in [2.45, 2.75) is 80.3 Å². The van der Waals surface area contributed by atoms with E-state index in [1.165, 1.54) is 25.7 Å². The van der Waals surface area contributed by atoms with Gasteiger partial charge in [0.05, 0.1) is 0 Å². The van der Waals surface area contributed by atoms with Crippen LogP contribution in [0.5, 0.6) is 0 Å². The average Bonchev–Trinajstić information content (AvgIpc) is 2.87. The number of hydrogen-bond donors (Lipinski definition) is 1. The molecule has 3 rings (SSSR count). The summed E-state index contributed by atoms with van der Waals surface area (Å²) in [5.41, 5.74) is 0. The molecular formula is C15H26I2N2O3. The maximum absolute atomic E-state index is 13.1. The van der Waals surface area contributed by atoms with Gasteiger partial charge in [-0.15, -0.1) is 0 Å². The second-order valence-corrected chi connectivity index (χ2v) is 24.0. The monoisotopic (exact) mass is 536 g/mol. The van der Waals surface area contributed by atoms with Gasteiger partial charge in [-0.05, 0) is 0 Å². The van der Waals surface area contributed by atoms with Crippen molar-refractivity contribution < 1.29 is 10.9 Å². The molecule has 1 heterocycles. The molecule has 0 saturated heterocycles. The Balaban J connectivity index is 1.72. The summed E-state index contributed by atoms with van der Waals surface area (Å²) >= 11 is -4.91. The van der Waals surface area contributed by atoms with Crippen LogP contribution < -0.4 is 5.32 Å². The van der Waals surface area contributed by atoms with Gasteiger partial charge in [-0.3, -0.25) is 0 Å². The zero-order valence-electron chi connectivity index (χ0n) is 12.9. The summed E-state index contributed by atoms with van der Waals surface area (Å²) in [6.45, 7) is 0. The van der Waals surface area contributed by atoms with Crippen LogP contribution in [0.15, 0.2) is 4.99 Å². The minimum atomic E-state index is -3.47. The number of nitrogens with zero attached hydrogens (tertiary/aromatic N) is 1. The number of amidine groups is 1. The first-order valence-corrected chi connectivity index (χ1v) is 19.2. The topological polar surface area (TPSA) is 67.8 Å². The fourth-order valence-corrected chi connectivity index (χ4v) is 15.2. The molecule has 1 N–H and O–H groups in total. The van der Waals surface area contributed by atoms with E-state index in [4.69, 9.17) is 4.74 Å². The van der Waals surface area contributed by atoms with Crippen molar-refractivity contribution in [2.24, 2.45) is 4.99 Å². The van der Waals surface area contributed by atoms with E-state index in [0.717, 1.165) is 38.5 Å². The summed E-state index contributed by atoms with van der Waals surface area (Å²) < 4.78 is 31.2. The van der Waals surface area contributed by atoms with E-state index in [1.807, 2.05) is 0 Å². The predicted molar refractivity (Wildman–Crippen MR) is 103 cm³/mol. The first-order valence-electron chi connectivity index (χ1n) is 8.42. The van der Waals surface area contributed by atoms with E-state index in [9.17, 15) is 6.14 Å². The summed E-state index contributed by atoms with van der Waals surface area (Å²) in [7, 11) is 0. The summed E-state index contributed by atoms with van der Waals surface area (Å²) in [6.07, 6.45) is 11.5. The quantitative estimate of drug-likeness (QED) is 0.243. The van der Waals surface area contributed by atoms with Crippen LogP contribution in [0.4, 0.5) is 0 Å². The zero-order chi connectivity index (χ0) is 15.4. The van der Waals surface area contributed by atoms with Crippen molar-refractivity contribution in [1.82, 2.24) is 5.32 Å². The standard InChI is InChI=1S/C15H26I2N2O3/c20-16-17(21)11-18-15(19-12-7-3-1-2-4-8-12)22-14-10-6-5-9-13(14)17/h12-14H,1-11H2,(H,18,19)/t13-,14+/m0/s1. The average molecular weight is 536 g/mol. The van der Waals surface area contributed by atoms with E-state index >= 15 is 0 Å². The number of halogens is 2. The molecule has 0 spiro atoms. The molecular weight excluding hydrogens is 510 g/mol. The molecule has 0 amide bonds. The third-order valence-corrected chi connectivity index (χ3v) is 20.2. The Bertz CT molecular complexity index is 475. The van der Waals surface area contributed by atoms with Gasteiger partial charge >= 0.3 is 144 Å². The summed E-state index contributed by atoms with van der Waals surface area (Å²) in [5, 5.41) is 3.46. The molecule has 0 aromatic heterocycles. The van der Waals surface area contributed by atoms with Crippen LogP contribution in [0.1, 0.15) is 64.2 Å². The molecule has 0 aromatic rings. The van der Waals surface area contributed by atoms with Crippen LogP contribution >= 0.6 is 31.7 Å². The van der Waals surface area contributed by atoms with Crippen LogP contribution in [0.25, 0.3) is 0 Å². The second kappa shape index (κ2) is 7.94. The van der Waals surface area contributed by atoms with Gasteiger partial charge in [0, 0.05) is 0 Å². The Kier molecular flexibility index (Phi) is 6.19. The first-order chi connectivity index (χ1) is 10.7. The molecule has 1 aliphatic heterocycles. The van der Waals surface area contributed by atoms with E-state index in [-0.39, 0.29) is 10.0 Å². The molecule has 0 bridgehead atoms. The molecule has 7 heteroatoms. The minimum absolute atomic E-state index is 0.0178. The SMILES string of the molecule is O=II1(=O)CN=C(NC2CCCCCC2)O[C@@H]2CCCC[C@@H]21. The van der Waals surface area contributed by atoms with E-state index < -0.39 is 31.7 Å².